The summed E-state index contributed by atoms with van der Waals surface area (Å²) in [6, 6.07) is 3.55. The highest BCUT2D eigenvalue weighted by atomic mass is 16.5. The summed E-state index contributed by atoms with van der Waals surface area (Å²) < 4.78 is 5.08. The van der Waals surface area contributed by atoms with Crippen molar-refractivity contribution < 1.29 is 9.53 Å². The van der Waals surface area contributed by atoms with Gasteiger partial charge in [-0.3, -0.25) is 4.79 Å². The number of carbonyl (C=O) groups excluding carboxylic acids is 1. The second kappa shape index (κ2) is 3.33. The van der Waals surface area contributed by atoms with Crippen molar-refractivity contribution in [3.05, 3.63) is 23.9 Å². The van der Waals surface area contributed by atoms with Crippen LogP contribution in [0.1, 0.15) is 30.6 Å². The fraction of sp³-hybridized carbons (Fsp3) is 0.500. The molecule has 0 amide bonds. The van der Waals surface area contributed by atoms with Crippen molar-refractivity contribution >= 4 is 5.78 Å². The van der Waals surface area contributed by atoms with Crippen LogP contribution in [0.2, 0.25) is 0 Å². The van der Waals surface area contributed by atoms with Crippen molar-refractivity contribution in [1.29, 1.82) is 0 Å². The third-order valence-corrected chi connectivity index (χ3v) is 3.06. The van der Waals surface area contributed by atoms with E-state index < -0.39 is 0 Å². The normalized spacial score (nSPS) is 22.2. The molecule has 80 valence electrons. The molecular formula is C12H15NO2. The van der Waals surface area contributed by atoms with E-state index in [4.69, 9.17) is 4.74 Å². The van der Waals surface area contributed by atoms with Gasteiger partial charge in [0.2, 0.25) is 5.88 Å². The number of carbonyl (C=O) groups is 1. The molecule has 0 bridgehead atoms. The Kier molecular flexibility index (Phi) is 2.25. The average Bonchev–Trinajstić information content (AvgIpc) is 2.86. The Morgan fingerprint density at radius 1 is 1.60 bits per heavy atom. The minimum atomic E-state index is 0.135. The molecule has 1 saturated carbocycles. The van der Waals surface area contributed by atoms with E-state index in [1.54, 1.807) is 18.3 Å². The van der Waals surface area contributed by atoms with Gasteiger partial charge in [0, 0.05) is 12.1 Å². The lowest BCUT2D eigenvalue weighted by atomic mass is 10.0. The first kappa shape index (κ1) is 10.1. The van der Waals surface area contributed by atoms with Gasteiger partial charge in [-0.25, -0.2) is 4.98 Å². The first-order valence-corrected chi connectivity index (χ1v) is 5.09. The van der Waals surface area contributed by atoms with E-state index in [0.717, 1.165) is 6.42 Å². The molecule has 3 heteroatoms. The molecule has 0 radical (unpaired) electrons. The van der Waals surface area contributed by atoms with Gasteiger partial charge in [0.15, 0.2) is 5.78 Å². The first-order valence-electron chi connectivity index (χ1n) is 5.09. The largest absolute Gasteiger partial charge is 0.480 e. The monoisotopic (exact) mass is 205 g/mol. The minimum Gasteiger partial charge on any atom is -0.480 e. The minimum absolute atomic E-state index is 0.135. The lowest BCUT2D eigenvalue weighted by Gasteiger charge is -2.06. The lowest BCUT2D eigenvalue weighted by Crippen LogP contribution is -2.08. The quantitative estimate of drug-likeness (QED) is 0.711. The molecule has 1 aromatic rings. The molecule has 0 aromatic carbocycles. The summed E-state index contributed by atoms with van der Waals surface area (Å²) in [6.45, 7) is 4.22. The van der Waals surface area contributed by atoms with Crippen molar-refractivity contribution in [3.63, 3.8) is 0 Å². The van der Waals surface area contributed by atoms with Gasteiger partial charge in [-0.15, -0.1) is 0 Å². The molecule has 0 spiro atoms. The van der Waals surface area contributed by atoms with Crippen LogP contribution in [0.25, 0.3) is 0 Å². The third kappa shape index (κ3) is 1.74. The van der Waals surface area contributed by atoms with Gasteiger partial charge in [-0.2, -0.15) is 0 Å². The average molecular weight is 205 g/mol. The van der Waals surface area contributed by atoms with E-state index in [-0.39, 0.29) is 17.1 Å². The van der Waals surface area contributed by atoms with Gasteiger partial charge < -0.3 is 4.74 Å². The smallest absolute Gasteiger partial charge is 0.224 e. The van der Waals surface area contributed by atoms with Crippen LogP contribution in [0, 0.1) is 11.3 Å². The second-order valence-corrected chi connectivity index (χ2v) is 4.67. The number of hydrogen-bond donors (Lipinski definition) is 0. The summed E-state index contributed by atoms with van der Waals surface area (Å²) >= 11 is 0. The molecular weight excluding hydrogens is 190 g/mol. The Balaban J connectivity index is 2.27. The van der Waals surface area contributed by atoms with Gasteiger partial charge in [-0.05, 0) is 24.0 Å². The van der Waals surface area contributed by atoms with E-state index in [1.807, 2.05) is 0 Å². The molecule has 0 saturated heterocycles. The molecule has 1 aromatic heterocycles. The van der Waals surface area contributed by atoms with Crippen molar-refractivity contribution in [1.82, 2.24) is 4.98 Å². The fourth-order valence-electron chi connectivity index (χ4n) is 1.84. The predicted molar refractivity (Wildman–Crippen MR) is 57.0 cm³/mol. The zero-order chi connectivity index (χ0) is 11.1. The number of aromatic nitrogens is 1. The Hall–Kier alpha value is -1.38. The number of hydrogen-bond acceptors (Lipinski definition) is 3. The number of methoxy groups -OCH3 is 1. The summed E-state index contributed by atoms with van der Waals surface area (Å²) in [5.74, 6) is 0.728. The number of ether oxygens (including phenoxy) is 1. The molecule has 15 heavy (non-hydrogen) atoms. The van der Waals surface area contributed by atoms with E-state index in [2.05, 4.69) is 18.8 Å². The van der Waals surface area contributed by atoms with Crippen LogP contribution in [0.4, 0.5) is 0 Å². The van der Waals surface area contributed by atoms with Crippen LogP contribution in [0.5, 0.6) is 5.88 Å². The number of ketones is 1. The molecule has 1 aliphatic rings. The van der Waals surface area contributed by atoms with Crippen LogP contribution < -0.4 is 4.74 Å². The maximum absolute atomic E-state index is 12.1. The maximum atomic E-state index is 12.1. The number of pyridine rings is 1. The van der Waals surface area contributed by atoms with Crippen molar-refractivity contribution in [2.24, 2.45) is 11.3 Å². The van der Waals surface area contributed by atoms with Gasteiger partial charge in [0.05, 0.1) is 12.7 Å². The first-order chi connectivity index (χ1) is 7.06. The second-order valence-electron chi connectivity index (χ2n) is 4.67. The predicted octanol–water partition coefficient (Wildman–Crippen LogP) is 2.32. The molecule has 1 unspecified atom stereocenters. The van der Waals surface area contributed by atoms with Gasteiger partial charge in [0.25, 0.3) is 0 Å². The summed E-state index contributed by atoms with van der Waals surface area (Å²) in [4.78, 5) is 16.1. The maximum Gasteiger partial charge on any atom is 0.224 e. The Morgan fingerprint density at radius 3 is 2.80 bits per heavy atom. The number of Topliss-reactive ketones (excluding diaryl/α,β-unsaturated/α-hetero) is 1. The van der Waals surface area contributed by atoms with Gasteiger partial charge >= 0.3 is 0 Å². The zero-order valence-corrected chi connectivity index (χ0v) is 9.28. The molecule has 1 aliphatic carbocycles. The van der Waals surface area contributed by atoms with Crippen LogP contribution in [0.15, 0.2) is 18.3 Å². The van der Waals surface area contributed by atoms with Crippen molar-refractivity contribution in [2.75, 3.05) is 7.11 Å². The van der Waals surface area contributed by atoms with Crippen LogP contribution in [-0.4, -0.2) is 17.9 Å². The van der Waals surface area contributed by atoms with Crippen LogP contribution >= 0.6 is 0 Å². The molecule has 0 aliphatic heterocycles. The Bertz CT molecular complexity index is 398. The summed E-state index contributed by atoms with van der Waals surface area (Å²) in [7, 11) is 1.54. The SMILES string of the molecule is COc1ncccc1C(=O)C1CC1(C)C. The van der Waals surface area contributed by atoms with E-state index >= 15 is 0 Å². The summed E-state index contributed by atoms with van der Waals surface area (Å²) in [5.41, 5.74) is 0.758. The van der Waals surface area contributed by atoms with E-state index in [1.165, 1.54) is 7.11 Å². The Labute approximate surface area is 89.5 Å². The Morgan fingerprint density at radius 2 is 2.27 bits per heavy atom. The standard InChI is InChI=1S/C12H15NO2/c1-12(2)7-9(12)10(14)8-5-4-6-13-11(8)15-3/h4-6,9H,7H2,1-3H3. The van der Waals surface area contributed by atoms with Crippen LogP contribution in [-0.2, 0) is 0 Å². The van der Waals surface area contributed by atoms with Gasteiger partial charge in [-0.1, -0.05) is 13.8 Å². The highest BCUT2D eigenvalue weighted by molar-refractivity contribution is 6.01. The molecule has 2 rings (SSSR count). The van der Waals surface area contributed by atoms with Gasteiger partial charge in [0.1, 0.15) is 0 Å². The third-order valence-electron chi connectivity index (χ3n) is 3.06. The van der Waals surface area contributed by atoms with E-state index in [0.29, 0.717) is 11.4 Å². The molecule has 1 atom stereocenters. The molecule has 3 nitrogen and oxygen atoms in total. The fourth-order valence-corrected chi connectivity index (χ4v) is 1.84. The van der Waals surface area contributed by atoms with Crippen molar-refractivity contribution in [2.45, 2.75) is 20.3 Å². The number of rotatable bonds is 3. The highest BCUT2D eigenvalue weighted by Gasteiger charge is 2.51. The topological polar surface area (TPSA) is 39.2 Å². The number of nitrogens with zero attached hydrogens (tertiary/aromatic N) is 1. The van der Waals surface area contributed by atoms with Crippen molar-refractivity contribution in [3.8, 4) is 5.88 Å². The lowest BCUT2D eigenvalue weighted by molar-refractivity contribution is 0.0949. The summed E-state index contributed by atoms with van der Waals surface area (Å²) in [6.07, 6.45) is 2.59. The highest BCUT2D eigenvalue weighted by Crippen LogP contribution is 2.53. The molecule has 1 heterocycles. The molecule has 0 N–H and O–H groups in total. The zero-order valence-electron chi connectivity index (χ0n) is 9.28. The molecule has 1 fully saturated rings. The summed E-state index contributed by atoms with van der Waals surface area (Å²) in [5, 5.41) is 0. The van der Waals surface area contributed by atoms with Crippen LogP contribution in [0.3, 0.4) is 0 Å². The van der Waals surface area contributed by atoms with E-state index in [9.17, 15) is 4.79 Å².